The van der Waals surface area contributed by atoms with Crippen LogP contribution in [0.2, 0.25) is 10.0 Å². The van der Waals surface area contributed by atoms with Gasteiger partial charge in [0.05, 0.1) is 10.6 Å². The molecule has 0 unspecified atom stereocenters. The Morgan fingerprint density at radius 2 is 1.51 bits per heavy atom. The molecule has 1 atom stereocenters. The van der Waals surface area contributed by atoms with Crippen molar-refractivity contribution in [1.82, 2.24) is 10.2 Å². The number of hydrogen-bond donors (Lipinski definition) is 1. The third-order valence-electron chi connectivity index (χ3n) is 8.60. The summed E-state index contributed by atoms with van der Waals surface area (Å²) in [6, 6.07) is 27.1. The molecule has 0 aromatic heterocycles. The number of halogens is 2. The minimum absolute atomic E-state index is 0.00116. The van der Waals surface area contributed by atoms with E-state index in [4.69, 9.17) is 23.2 Å². The summed E-state index contributed by atoms with van der Waals surface area (Å²) < 4.78 is 29.6. The summed E-state index contributed by atoms with van der Waals surface area (Å²) in [6.45, 7) is 3.12. The van der Waals surface area contributed by atoms with E-state index in [1.54, 1.807) is 48.5 Å². The largest absolute Gasteiger partial charge is 0.352 e. The number of nitrogens with one attached hydrogen (secondary N) is 1. The molecule has 5 rings (SSSR count). The Bertz CT molecular complexity index is 1810. The van der Waals surface area contributed by atoms with Gasteiger partial charge in [-0.05, 0) is 73.7 Å². The number of carbonyl (C=O) groups excluding carboxylic acids is 2. The highest BCUT2D eigenvalue weighted by Gasteiger charge is 2.36. The van der Waals surface area contributed by atoms with Gasteiger partial charge >= 0.3 is 0 Å². The van der Waals surface area contributed by atoms with Gasteiger partial charge in [0, 0.05) is 29.1 Å². The Kier molecular flexibility index (Phi) is 11.3. The van der Waals surface area contributed by atoms with Crippen LogP contribution in [-0.4, -0.2) is 43.8 Å². The van der Waals surface area contributed by atoms with Gasteiger partial charge in [0.25, 0.3) is 10.0 Å². The molecule has 0 radical (unpaired) electrons. The molecule has 1 fully saturated rings. The van der Waals surface area contributed by atoms with Crippen molar-refractivity contribution in [2.45, 2.75) is 69.5 Å². The SMILES string of the molecule is Cc1ccc(S(=O)(=O)N(CC(=O)N(Cc2ccccc2Cl)[C@@H](Cc2ccccc2)C(=O)NC2CCCC2)c2ccc(C)c(Cl)c2)cc1. The Morgan fingerprint density at radius 1 is 0.851 bits per heavy atom. The molecule has 1 N–H and O–H groups in total. The summed E-state index contributed by atoms with van der Waals surface area (Å²) in [7, 11) is -4.23. The molecule has 7 nitrogen and oxygen atoms in total. The van der Waals surface area contributed by atoms with E-state index in [1.165, 1.54) is 17.0 Å². The van der Waals surface area contributed by atoms with Crippen molar-refractivity contribution >= 4 is 50.7 Å². The van der Waals surface area contributed by atoms with Crippen LogP contribution in [0.15, 0.2) is 102 Å². The maximum Gasteiger partial charge on any atom is 0.264 e. The average Bonchev–Trinajstić information content (AvgIpc) is 3.57. The van der Waals surface area contributed by atoms with Crippen LogP contribution in [0.5, 0.6) is 0 Å². The summed E-state index contributed by atoms with van der Waals surface area (Å²) in [5, 5.41) is 3.98. The first-order valence-electron chi connectivity index (χ1n) is 15.8. The molecular formula is C37H39Cl2N3O4S. The quantitative estimate of drug-likeness (QED) is 0.167. The number of nitrogens with zero attached hydrogens (tertiary/aromatic N) is 2. The normalized spacial score (nSPS) is 14.0. The van der Waals surface area contributed by atoms with Gasteiger partial charge in [-0.1, -0.05) is 108 Å². The first kappa shape index (κ1) is 34.5. The number of sulfonamides is 1. The van der Waals surface area contributed by atoms with E-state index in [-0.39, 0.29) is 35.5 Å². The van der Waals surface area contributed by atoms with Crippen molar-refractivity contribution in [3.63, 3.8) is 0 Å². The van der Waals surface area contributed by atoms with Gasteiger partial charge in [0.2, 0.25) is 11.8 Å². The number of rotatable bonds is 12. The van der Waals surface area contributed by atoms with E-state index in [9.17, 15) is 18.0 Å². The second-order valence-electron chi connectivity index (χ2n) is 12.1. The van der Waals surface area contributed by atoms with Crippen molar-refractivity contribution in [3.05, 3.63) is 129 Å². The lowest BCUT2D eigenvalue weighted by atomic mass is 10.0. The minimum atomic E-state index is -4.23. The van der Waals surface area contributed by atoms with Crippen LogP contribution >= 0.6 is 23.2 Å². The van der Waals surface area contributed by atoms with E-state index >= 15 is 0 Å². The fourth-order valence-corrected chi connectivity index (χ4v) is 7.61. The molecule has 4 aromatic carbocycles. The zero-order valence-electron chi connectivity index (χ0n) is 26.5. The molecule has 1 aliphatic rings. The number of hydrogen-bond acceptors (Lipinski definition) is 4. The Labute approximate surface area is 287 Å². The van der Waals surface area contributed by atoms with Crippen LogP contribution in [0.25, 0.3) is 0 Å². The Hall–Kier alpha value is -3.85. The zero-order valence-corrected chi connectivity index (χ0v) is 28.9. The van der Waals surface area contributed by atoms with Crippen molar-refractivity contribution in [2.24, 2.45) is 0 Å². The lowest BCUT2D eigenvalue weighted by Crippen LogP contribution is -2.54. The molecule has 0 aliphatic heterocycles. The molecule has 246 valence electrons. The number of benzene rings is 4. The first-order valence-corrected chi connectivity index (χ1v) is 18.0. The van der Waals surface area contributed by atoms with Gasteiger partial charge < -0.3 is 10.2 Å². The van der Waals surface area contributed by atoms with Crippen molar-refractivity contribution in [3.8, 4) is 0 Å². The standard InChI is InChI=1S/C37H39Cl2N3O4S/c1-26-16-20-32(21-17-26)47(45,46)42(31-19-18-27(2)34(39)23-31)25-36(43)41(24-29-12-6-9-15-33(29)38)35(22-28-10-4-3-5-11-28)37(44)40-30-13-7-8-14-30/h3-6,9-12,15-21,23,30,35H,7-8,13-14,22,24-25H2,1-2H3,(H,40,44)/t35-/m0/s1. The topological polar surface area (TPSA) is 86.8 Å². The molecule has 4 aromatic rings. The van der Waals surface area contributed by atoms with Gasteiger partial charge in [-0.3, -0.25) is 13.9 Å². The van der Waals surface area contributed by atoms with Crippen LogP contribution in [0.3, 0.4) is 0 Å². The predicted octanol–water partition coefficient (Wildman–Crippen LogP) is 7.50. The summed E-state index contributed by atoms with van der Waals surface area (Å²) in [5.74, 6) is -0.840. The van der Waals surface area contributed by atoms with Crippen LogP contribution in [0.1, 0.15) is 47.9 Å². The summed E-state index contributed by atoms with van der Waals surface area (Å²) in [5.41, 5.74) is 3.41. The summed E-state index contributed by atoms with van der Waals surface area (Å²) in [4.78, 5) is 30.3. The lowest BCUT2D eigenvalue weighted by molar-refractivity contribution is -0.140. The van der Waals surface area contributed by atoms with Crippen molar-refractivity contribution in [2.75, 3.05) is 10.8 Å². The number of carbonyl (C=O) groups is 2. The number of anilines is 1. The summed E-state index contributed by atoms with van der Waals surface area (Å²) >= 11 is 13.1. The van der Waals surface area contributed by atoms with E-state index in [0.717, 1.165) is 46.7 Å². The second-order valence-corrected chi connectivity index (χ2v) is 14.7. The van der Waals surface area contributed by atoms with Crippen LogP contribution < -0.4 is 9.62 Å². The zero-order chi connectivity index (χ0) is 33.6. The number of amides is 2. The Morgan fingerprint density at radius 3 is 2.17 bits per heavy atom. The number of aryl methyl sites for hydroxylation is 2. The highest BCUT2D eigenvalue weighted by atomic mass is 35.5. The van der Waals surface area contributed by atoms with E-state index < -0.39 is 28.5 Å². The molecule has 0 saturated heterocycles. The van der Waals surface area contributed by atoms with Crippen molar-refractivity contribution in [1.29, 1.82) is 0 Å². The smallest absolute Gasteiger partial charge is 0.264 e. The van der Waals surface area contributed by atoms with Crippen LogP contribution in [0, 0.1) is 13.8 Å². The van der Waals surface area contributed by atoms with E-state index in [2.05, 4.69) is 5.32 Å². The van der Waals surface area contributed by atoms with E-state index in [1.807, 2.05) is 50.2 Å². The third-order valence-corrected chi connectivity index (χ3v) is 11.2. The van der Waals surface area contributed by atoms with Gasteiger partial charge in [-0.2, -0.15) is 0 Å². The Balaban J connectivity index is 1.58. The van der Waals surface area contributed by atoms with Crippen molar-refractivity contribution < 1.29 is 18.0 Å². The molecule has 1 saturated carbocycles. The molecule has 0 bridgehead atoms. The molecule has 10 heteroatoms. The van der Waals surface area contributed by atoms with Crippen LogP contribution in [-0.2, 0) is 32.6 Å². The maximum absolute atomic E-state index is 14.7. The maximum atomic E-state index is 14.7. The average molecular weight is 693 g/mol. The van der Waals surface area contributed by atoms with Crippen LogP contribution in [0.4, 0.5) is 5.69 Å². The molecular weight excluding hydrogens is 653 g/mol. The van der Waals surface area contributed by atoms with Gasteiger partial charge in [-0.25, -0.2) is 8.42 Å². The molecule has 47 heavy (non-hydrogen) atoms. The summed E-state index contributed by atoms with van der Waals surface area (Å²) in [6.07, 6.45) is 4.04. The minimum Gasteiger partial charge on any atom is -0.352 e. The fraction of sp³-hybridized carbons (Fsp3) is 0.297. The molecule has 0 heterocycles. The molecule has 2 amide bonds. The fourth-order valence-electron chi connectivity index (χ4n) is 5.83. The third kappa shape index (κ3) is 8.55. The van der Waals surface area contributed by atoms with Gasteiger partial charge in [-0.15, -0.1) is 0 Å². The highest BCUT2D eigenvalue weighted by Crippen LogP contribution is 2.30. The monoisotopic (exact) mass is 691 g/mol. The molecule has 1 aliphatic carbocycles. The van der Waals surface area contributed by atoms with Gasteiger partial charge in [0.15, 0.2) is 0 Å². The van der Waals surface area contributed by atoms with E-state index in [0.29, 0.717) is 15.6 Å². The van der Waals surface area contributed by atoms with Gasteiger partial charge in [0.1, 0.15) is 12.6 Å². The molecule has 0 spiro atoms. The predicted molar refractivity (Wildman–Crippen MR) is 188 cm³/mol. The lowest BCUT2D eigenvalue weighted by Gasteiger charge is -2.34. The second kappa shape index (κ2) is 15.4. The highest BCUT2D eigenvalue weighted by molar-refractivity contribution is 7.92. The first-order chi connectivity index (χ1) is 22.5.